The van der Waals surface area contributed by atoms with Crippen LogP contribution in [0.3, 0.4) is 0 Å². The summed E-state index contributed by atoms with van der Waals surface area (Å²) < 4.78 is 0. The summed E-state index contributed by atoms with van der Waals surface area (Å²) in [6.45, 7) is -0.00130. The van der Waals surface area contributed by atoms with Gasteiger partial charge in [0.2, 0.25) is 0 Å². The largest absolute Gasteiger partial charge is 0.324 e. The zero-order chi connectivity index (χ0) is 8.97. The van der Waals surface area contributed by atoms with Gasteiger partial charge in [-0.15, -0.1) is 6.42 Å². The topological polar surface area (TPSA) is 43.1 Å². The van der Waals surface area contributed by atoms with Gasteiger partial charge >= 0.3 is 0 Å². The van der Waals surface area contributed by atoms with Crippen LogP contribution in [0.15, 0.2) is 24.3 Å². The first-order valence-electron chi connectivity index (χ1n) is 3.58. The van der Waals surface area contributed by atoms with Crippen LogP contribution in [0, 0.1) is 12.3 Å². The Kier molecular flexibility index (Phi) is 2.62. The predicted molar refractivity (Wildman–Crippen MR) is 47.8 cm³/mol. The monoisotopic (exact) mass is 159 g/mol. The molecule has 0 aliphatic carbocycles. The Morgan fingerprint density at radius 1 is 1.50 bits per heavy atom. The van der Waals surface area contributed by atoms with Crippen LogP contribution in [0.5, 0.6) is 0 Å². The molecule has 1 rings (SSSR count). The predicted octanol–water partition coefficient (Wildman–Crippen LogP) is 0.809. The zero-order valence-electron chi connectivity index (χ0n) is 6.58. The first-order chi connectivity index (χ1) is 5.79. The smallest absolute Gasteiger partial charge is 0.177 e. The molecule has 0 unspecified atom stereocenters. The van der Waals surface area contributed by atoms with Gasteiger partial charge in [-0.3, -0.25) is 4.79 Å². The fourth-order valence-corrected chi connectivity index (χ4v) is 0.962. The standard InChI is InChI=1S/C10H9NO/c1-2-8-5-3-4-6-9(8)10(12)7-11/h1,3-6H,7,11H2. The normalized spacial score (nSPS) is 9.00. The lowest BCUT2D eigenvalue weighted by Gasteiger charge is -1.99. The molecule has 0 saturated heterocycles. The summed E-state index contributed by atoms with van der Waals surface area (Å²) in [7, 11) is 0. The van der Waals surface area contributed by atoms with Crippen molar-refractivity contribution in [1.82, 2.24) is 0 Å². The molecule has 0 aromatic heterocycles. The third-order valence-electron chi connectivity index (χ3n) is 1.57. The van der Waals surface area contributed by atoms with Crippen molar-refractivity contribution >= 4 is 5.78 Å². The van der Waals surface area contributed by atoms with Gasteiger partial charge in [0.1, 0.15) is 0 Å². The minimum absolute atomic E-state index is 0.00130. The molecule has 12 heavy (non-hydrogen) atoms. The van der Waals surface area contributed by atoms with Gasteiger partial charge in [-0.05, 0) is 6.07 Å². The molecule has 2 nitrogen and oxygen atoms in total. The van der Waals surface area contributed by atoms with Crippen molar-refractivity contribution in [2.45, 2.75) is 0 Å². The van der Waals surface area contributed by atoms with Gasteiger partial charge in [0.05, 0.1) is 6.54 Å². The maximum absolute atomic E-state index is 11.2. The summed E-state index contributed by atoms with van der Waals surface area (Å²) >= 11 is 0. The number of rotatable bonds is 2. The molecule has 1 aromatic rings. The number of hydrogen-bond donors (Lipinski definition) is 1. The molecule has 1 aromatic carbocycles. The lowest BCUT2D eigenvalue weighted by atomic mass is 10.0. The quantitative estimate of drug-likeness (QED) is 0.512. The molecule has 60 valence electrons. The Hall–Kier alpha value is -1.59. The van der Waals surface area contributed by atoms with E-state index >= 15 is 0 Å². The third-order valence-corrected chi connectivity index (χ3v) is 1.57. The van der Waals surface area contributed by atoms with E-state index in [4.69, 9.17) is 12.2 Å². The minimum atomic E-state index is -0.122. The average Bonchev–Trinajstić information content (AvgIpc) is 2.16. The van der Waals surface area contributed by atoms with E-state index in [1.54, 1.807) is 24.3 Å². The SMILES string of the molecule is C#Cc1ccccc1C(=O)CN. The summed E-state index contributed by atoms with van der Waals surface area (Å²) in [6.07, 6.45) is 5.20. The second-order valence-electron chi connectivity index (χ2n) is 2.32. The second kappa shape index (κ2) is 3.70. The summed E-state index contributed by atoms with van der Waals surface area (Å²) in [5.41, 5.74) is 6.34. The van der Waals surface area contributed by atoms with Crippen molar-refractivity contribution in [2.75, 3.05) is 6.54 Å². The highest BCUT2D eigenvalue weighted by Crippen LogP contribution is 2.06. The van der Waals surface area contributed by atoms with Crippen molar-refractivity contribution in [2.24, 2.45) is 5.73 Å². The Labute approximate surface area is 71.4 Å². The molecule has 0 amide bonds. The van der Waals surface area contributed by atoms with E-state index in [9.17, 15) is 4.79 Å². The Bertz CT molecular complexity index is 336. The van der Waals surface area contributed by atoms with Gasteiger partial charge in [-0.2, -0.15) is 0 Å². The van der Waals surface area contributed by atoms with Crippen LogP contribution in [-0.4, -0.2) is 12.3 Å². The Morgan fingerprint density at radius 3 is 2.75 bits per heavy atom. The number of ketones is 1. The van der Waals surface area contributed by atoms with Crippen molar-refractivity contribution in [3.05, 3.63) is 35.4 Å². The first-order valence-corrected chi connectivity index (χ1v) is 3.58. The first kappa shape index (κ1) is 8.51. The number of hydrogen-bond acceptors (Lipinski definition) is 2. The van der Waals surface area contributed by atoms with E-state index in [1.807, 2.05) is 0 Å². The summed E-state index contributed by atoms with van der Waals surface area (Å²) in [5.74, 6) is 2.31. The van der Waals surface area contributed by atoms with Crippen LogP contribution in [0.2, 0.25) is 0 Å². The van der Waals surface area contributed by atoms with E-state index < -0.39 is 0 Å². The van der Waals surface area contributed by atoms with Crippen LogP contribution in [0.25, 0.3) is 0 Å². The van der Waals surface area contributed by atoms with Crippen molar-refractivity contribution in [3.63, 3.8) is 0 Å². The van der Waals surface area contributed by atoms with Gasteiger partial charge in [0, 0.05) is 11.1 Å². The second-order valence-corrected chi connectivity index (χ2v) is 2.32. The molecule has 0 atom stereocenters. The summed E-state index contributed by atoms with van der Waals surface area (Å²) in [5, 5.41) is 0. The number of benzene rings is 1. The fourth-order valence-electron chi connectivity index (χ4n) is 0.962. The van der Waals surface area contributed by atoms with E-state index in [0.717, 1.165) is 0 Å². The molecule has 0 bridgehead atoms. The van der Waals surface area contributed by atoms with Crippen LogP contribution in [0.1, 0.15) is 15.9 Å². The molecular formula is C10H9NO. The molecule has 0 fully saturated rings. The molecule has 2 heteroatoms. The molecule has 2 N–H and O–H groups in total. The molecule has 0 saturated carbocycles. The average molecular weight is 159 g/mol. The maximum Gasteiger partial charge on any atom is 0.177 e. The highest BCUT2D eigenvalue weighted by Gasteiger charge is 2.05. The van der Waals surface area contributed by atoms with Crippen molar-refractivity contribution in [1.29, 1.82) is 0 Å². The van der Waals surface area contributed by atoms with Gasteiger partial charge in [0.25, 0.3) is 0 Å². The summed E-state index contributed by atoms with van der Waals surface area (Å²) in [4.78, 5) is 11.2. The highest BCUT2D eigenvalue weighted by atomic mass is 16.1. The molecule has 0 spiro atoms. The van der Waals surface area contributed by atoms with E-state index in [1.165, 1.54) is 0 Å². The number of carbonyl (C=O) groups excluding carboxylic acids is 1. The zero-order valence-corrected chi connectivity index (χ0v) is 6.58. The number of carbonyl (C=O) groups is 1. The third kappa shape index (κ3) is 1.52. The summed E-state index contributed by atoms with van der Waals surface area (Å²) in [6, 6.07) is 6.97. The van der Waals surface area contributed by atoms with E-state index in [-0.39, 0.29) is 12.3 Å². The van der Waals surface area contributed by atoms with Crippen LogP contribution in [-0.2, 0) is 0 Å². The molecule has 0 aliphatic heterocycles. The van der Waals surface area contributed by atoms with Crippen LogP contribution >= 0.6 is 0 Å². The number of nitrogens with two attached hydrogens (primary N) is 1. The van der Waals surface area contributed by atoms with Crippen molar-refractivity contribution in [3.8, 4) is 12.3 Å². The lowest BCUT2D eigenvalue weighted by Crippen LogP contribution is -2.14. The maximum atomic E-state index is 11.2. The van der Waals surface area contributed by atoms with Gasteiger partial charge in [-0.1, -0.05) is 24.1 Å². The minimum Gasteiger partial charge on any atom is -0.324 e. The molecule has 0 heterocycles. The van der Waals surface area contributed by atoms with Crippen molar-refractivity contribution < 1.29 is 4.79 Å². The Morgan fingerprint density at radius 2 is 2.17 bits per heavy atom. The highest BCUT2D eigenvalue weighted by molar-refractivity contribution is 5.99. The fraction of sp³-hybridized carbons (Fsp3) is 0.100. The Balaban J connectivity index is 3.16. The molecular weight excluding hydrogens is 150 g/mol. The van der Waals surface area contributed by atoms with Gasteiger partial charge in [-0.25, -0.2) is 0 Å². The van der Waals surface area contributed by atoms with Gasteiger partial charge < -0.3 is 5.73 Å². The van der Waals surface area contributed by atoms with Gasteiger partial charge in [0.15, 0.2) is 5.78 Å². The van der Waals surface area contributed by atoms with E-state index in [0.29, 0.717) is 11.1 Å². The van der Waals surface area contributed by atoms with E-state index in [2.05, 4.69) is 5.92 Å². The molecule has 0 radical (unpaired) electrons. The number of Topliss-reactive ketones (excluding diaryl/α,β-unsaturated/α-hetero) is 1. The van der Waals surface area contributed by atoms with Crippen LogP contribution < -0.4 is 5.73 Å². The van der Waals surface area contributed by atoms with Crippen LogP contribution in [0.4, 0.5) is 0 Å². The molecule has 0 aliphatic rings. The number of terminal acetylenes is 1. The lowest BCUT2D eigenvalue weighted by molar-refractivity contribution is 0.100.